The maximum atomic E-state index is 12.3. The topological polar surface area (TPSA) is 53.7 Å². The lowest BCUT2D eigenvalue weighted by molar-refractivity contribution is -0.153. The molecule has 0 heterocycles. The first-order valence-electron chi connectivity index (χ1n) is 6.50. The van der Waals surface area contributed by atoms with Crippen molar-refractivity contribution >= 4 is 0 Å². The molecule has 0 spiro atoms. The van der Waals surface area contributed by atoms with E-state index in [4.69, 9.17) is 19.9 Å². The van der Waals surface area contributed by atoms with Crippen LogP contribution in [0.3, 0.4) is 0 Å². The summed E-state index contributed by atoms with van der Waals surface area (Å²) in [5, 5.41) is 0. The van der Waals surface area contributed by atoms with Gasteiger partial charge in [-0.3, -0.25) is 0 Å². The molecule has 4 nitrogen and oxygen atoms in total. The molecule has 0 aliphatic heterocycles. The molecule has 0 aliphatic carbocycles. The van der Waals surface area contributed by atoms with E-state index in [0.29, 0.717) is 6.42 Å². The van der Waals surface area contributed by atoms with Gasteiger partial charge in [-0.25, -0.2) is 0 Å². The summed E-state index contributed by atoms with van der Waals surface area (Å²) in [6.45, 7) is 0.549. The molecule has 0 saturated heterocycles. The van der Waals surface area contributed by atoms with Gasteiger partial charge >= 0.3 is 6.18 Å². The lowest BCUT2D eigenvalue weighted by Crippen LogP contribution is -2.22. The van der Waals surface area contributed by atoms with Crippen LogP contribution in [0.25, 0.3) is 0 Å². The zero-order valence-electron chi connectivity index (χ0n) is 12.3. The number of hydrogen-bond acceptors (Lipinski definition) is 4. The van der Waals surface area contributed by atoms with Crippen LogP contribution in [0.1, 0.15) is 18.9 Å². The molecule has 120 valence electrons. The molecule has 1 atom stereocenters. The molecule has 1 aromatic rings. The van der Waals surface area contributed by atoms with Crippen molar-refractivity contribution in [2.24, 2.45) is 5.73 Å². The van der Waals surface area contributed by atoms with Gasteiger partial charge < -0.3 is 19.9 Å². The molecule has 0 bridgehead atoms. The number of benzene rings is 1. The monoisotopic (exact) mass is 307 g/mol. The van der Waals surface area contributed by atoms with Gasteiger partial charge in [-0.15, -0.1) is 0 Å². The van der Waals surface area contributed by atoms with Crippen molar-refractivity contribution in [2.75, 3.05) is 20.8 Å². The van der Waals surface area contributed by atoms with Crippen LogP contribution in [0.4, 0.5) is 13.2 Å². The van der Waals surface area contributed by atoms with Gasteiger partial charge in [-0.2, -0.15) is 13.2 Å². The number of halogens is 3. The minimum absolute atomic E-state index is 0.0404. The Labute approximate surface area is 122 Å². The van der Waals surface area contributed by atoms with Crippen LogP contribution in [0.5, 0.6) is 17.2 Å². The van der Waals surface area contributed by atoms with Crippen molar-refractivity contribution in [3.63, 3.8) is 0 Å². The molecule has 0 saturated carbocycles. The average molecular weight is 307 g/mol. The first-order chi connectivity index (χ1) is 9.80. The molecular weight excluding hydrogens is 287 g/mol. The van der Waals surface area contributed by atoms with E-state index < -0.39 is 12.8 Å². The summed E-state index contributed by atoms with van der Waals surface area (Å²) in [5.41, 5.74) is 6.70. The molecule has 0 fully saturated rings. The molecule has 1 rings (SSSR count). The fourth-order valence-electron chi connectivity index (χ4n) is 1.80. The Bertz CT molecular complexity index is 438. The number of methoxy groups -OCH3 is 2. The van der Waals surface area contributed by atoms with Gasteiger partial charge in [0.25, 0.3) is 0 Å². The van der Waals surface area contributed by atoms with Crippen LogP contribution in [-0.4, -0.2) is 33.0 Å². The van der Waals surface area contributed by atoms with Crippen molar-refractivity contribution in [3.05, 3.63) is 17.7 Å². The Balaban J connectivity index is 3.06. The maximum Gasteiger partial charge on any atom is 0.422 e. The van der Waals surface area contributed by atoms with Crippen molar-refractivity contribution in [2.45, 2.75) is 32.0 Å². The summed E-state index contributed by atoms with van der Waals surface area (Å²) in [6, 6.07) is 3.19. The third-order valence-corrected chi connectivity index (χ3v) is 2.92. The third-order valence-electron chi connectivity index (χ3n) is 2.92. The number of rotatable bonds is 7. The Kier molecular flexibility index (Phi) is 6.14. The number of alkyl halides is 3. The second-order valence-electron chi connectivity index (χ2n) is 4.61. The van der Waals surface area contributed by atoms with Crippen LogP contribution in [0, 0.1) is 0 Å². The van der Waals surface area contributed by atoms with Crippen molar-refractivity contribution in [1.82, 2.24) is 0 Å². The van der Waals surface area contributed by atoms with Gasteiger partial charge in [0.2, 0.25) is 5.75 Å². The van der Waals surface area contributed by atoms with E-state index in [1.807, 2.05) is 6.92 Å². The van der Waals surface area contributed by atoms with Gasteiger partial charge in [-0.1, -0.05) is 6.92 Å². The minimum atomic E-state index is -4.43. The summed E-state index contributed by atoms with van der Waals surface area (Å²) < 4.78 is 51.8. The van der Waals surface area contributed by atoms with Crippen LogP contribution < -0.4 is 19.9 Å². The molecule has 0 radical (unpaired) electrons. The Morgan fingerprint density at radius 3 is 2.05 bits per heavy atom. The summed E-state index contributed by atoms with van der Waals surface area (Å²) in [4.78, 5) is 0. The van der Waals surface area contributed by atoms with E-state index in [2.05, 4.69) is 0 Å². The summed E-state index contributed by atoms with van der Waals surface area (Å²) in [7, 11) is 2.72. The van der Waals surface area contributed by atoms with Gasteiger partial charge in [0, 0.05) is 6.04 Å². The smallest absolute Gasteiger partial charge is 0.422 e. The predicted octanol–water partition coefficient (Wildman–Crippen LogP) is 2.92. The van der Waals surface area contributed by atoms with Crippen LogP contribution >= 0.6 is 0 Å². The van der Waals surface area contributed by atoms with Gasteiger partial charge in [0.05, 0.1) is 14.2 Å². The standard InChI is InChI=1S/C14H20F3NO3/c1-4-10(18)5-9-6-11(19-2)13(12(7-9)20-3)21-8-14(15,16)17/h6-7,10H,4-5,8,18H2,1-3H3. The summed E-state index contributed by atoms with van der Waals surface area (Å²) in [5.74, 6) is 0.319. The quantitative estimate of drug-likeness (QED) is 0.841. The van der Waals surface area contributed by atoms with E-state index in [1.165, 1.54) is 14.2 Å². The molecule has 1 aromatic carbocycles. The second-order valence-corrected chi connectivity index (χ2v) is 4.61. The zero-order valence-corrected chi connectivity index (χ0v) is 12.3. The number of ether oxygens (including phenoxy) is 3. The average Bonchev–Trinajstić information content (AvgIpc) is 2.43. The highest BCUT2D eigenvalue weighted by Crippen LogP contribution is 2.39. The minimum Gasteiger partial charge on any atom is -0.493 e. The van der Waals surface area contributed by atoms with Crippen molar-refractivity contribution in [3.8, 4) is 17.2 Å². The molecular formula is C14H20F3NO3. The van der Waals surface area contributed by atoms with Crippen LogP contribution in [0.15, 0.2) is 12.1 Å². The first kappa shape index (κ1) is 17.4. The molecule has 2 N–H and O–H groups in total. The third kappa shape index (κ3) is 5.34. The van der Waals surface area contributed by atoms with E-state index in [9.17, 15) is 13.2 Å². The molecule has 1 unspecified atom stereocenters. The summed E-state index contributed by atoms with van der Waals surface area (Å²) in [6.07, 6.45) is -3.07. The fraction of sp³-hybridized carbons (Fsp3) is 0.571. The van der Waals surface area contributed by atoms with E-state index in [-0.39, 0.29) is 23.3 Å². The van der Waals surface area contributed by atoms with Gasteiger partial charge in [-0.05, 0) is 30.5 Å². The molecule has 0 amide bonds. The zero-order chi connectivity index (χ0) is 16.0. The first-order valence-corrected chi connectivity index (χ1v) is 6.50. The highest BCUT2D eigenvalue weighted by Gasteiger charge is 2.30. The SMILES string of the molecule is CCC(N)Cc1cc(OC)c(OCC(F)(F)F)c(OC)c1. The molecule has 0 aromatic heterocycles. The van der Waals surface area contributed by atoms with Gasteiger partial charge in [0.15, 0.2) is 18.1 Å². The lowest BCUT2D eigenvalue weighted by atomic mass is 10.0. The largest absolute Gasteiger partial charge is 0.493 e. The van der Waals surface area contributed by atoms with Crippen molar-refractivity contribution < 1.29 is 27.4 Å². The van der Waals surface area contributed by atoms with Gasteiger partial charge in [0.1, 0.15) is 0 Å². The molecule has 0 aliphatic rings. The van der Waals surface area contributed by atoms with E-state index in [1.54, 1.807) is 12.1 Å². The second kappa shape index (κ2) is 7.40. The fourth-order valence-corrected chi connectivity index (χ4v) is 1.80. The van der Waals surface area contributed by atoms with Crippen LogP contribution in [-0.2, 0) is 6.42 Å². The Morgan fingerprint density at radius 2 is 1.67 bits per heavy atom. The normalized spacial score (nSPS) is 12.9. The van der Waals surface area contributed by atoms with Crippen molar-refractivity contribution in [1.29, 1.82) is 0 Å². The maximum absolute atomic E-state index is 12.3. The molecule has 7 heteroatoms. The van der Waals surface area contributed by atoms with E-state index >= 15 is 0 Å². The van der Waals surface area contributed by atoms with E-state index in [0.717, 1.165) is 12.0 Å². The predicted molar refractivity (Wildman–Crippen MR) is 73.1 cm³/mol. The van der Waals surface area contributed by atoms with Crippen LogP contribution in [0.2, 0.25) is 0 Å². The summed E-state index contributed by atoms with van der Waals surface area (Å²) >= 11 is 0. The highest BCUT2D eigenvalue weighted by atomic mass is 19.4. The number of nitrogens with two attached hydrogens (primary N) is 1. The Morgan fingerprint density at radius 1 is 1.14 bits per heavy atom. The Hall–Kier alpha value is -1.63. The highest BCUT2D eigenvalue weighted by molar-refractivity contribution is 5.54. The number of hydrogen-bond donors (Lipinski definition) is 1. The lowest BCUT2D eigenvalue weighted by Gasteiger charge is -2.18. The molecule has 21 heavy (non-hydrogen) atoms.